The third-order valence-electron chi connectivity index (χ3n) is 2.75. The molecule has 1 amide bonds. The Kier molecular flexibility index (Phi) is 1.76. The summed E-state index contributed by atoms with van der Waals surface area (Å²) in [4.78, 5) is 22.7. The summed E-state index contributed by atoms with van der Waals surface area (Å²) in [6, 6.07) is -0.215. The minimum Gasteiger partial charge on any atom is -0.467 e. The van der Waals surface area contributed by atoms with Crippen molar-refractivity contribution >= 4 is 11.9 Å². The minimum atomic E-state index is -0.748. The molecule has 2 aliphatic heterocycles. The van der Waals surface area contributed by atoms with Crippen molar-refractivity contribution in [3.63, 3.8) is 0 Å². The Hall–Kier alpha value is -1.10. The maximum Gasteiger partial charge on any atom is 0.331 e. The lowest BCUT2D eigenvalue weighted by Gasteiger charge is -2.28. The molecule has 2 atom stereocenters. The molecule has 13 heavy (non-hydrogen) atoms. The van der Waals surface area contributed by atoms with Crippen LogP contribution in [0.3, 0.4) is 0 Å². The van der Waals surface area contributed by atoms with Gasteiger partial charge in [-0.05, 0) is 13.0 Å². The molecule has 2 unspecified atom stereocenters. The van der Waals surface area contributed by atoms with Gasteiger partial charge >= 0.3 is 5.97 Å². The molecule has 0 aromatic heterocycles. The predicted octanol–water partition coefficient (Wildman–Crippen LogP) is -1.22. The molecule has 0 saturated carbocycles. The number of piperidine rings is 1. The van der Waals surface area contributed by atoms with Crippen LogP contribution >= 0.6 is 0 Å². The van der Waals surface area contributed by atoms with Crippen molar-refractivity contribution in [1.82, 2.24) is 10.6 Å². The number of amides is 1. The standard InChI is InChI=1S/C8H12N2O3/c1-13-7(12)8-2-3-9-5(4-8)6(11)10-8/h5,9H,2-4H2,1H3,(H,10,11). The topological polar surface area (TPSA) is 67.4 Å². The van der Waals surface area contributed by atoms with Gasteiger partial charge in [0.15, 0.2) is 0 Å². The molecule has 2 bridgehead atoms. The van der Waals surface area contributed by atoms with Crippen LogP contribution in [0.5, 0.6) is 0 Å². The fraction of sp³-hybridized carbons (Fsp3) is 0.750. The summed E-state index contributed by atoms with van der Waals surface area (Å²) in [6.07, 6.45) is 1.13. The first-order valence-electron chi connectivity index (χ1n) is 4.32. The largest absolute Gasteiger partial charge is 0.467 e. The van der Waals surface area contributed by atoms with Gasteiger partial charge in [-0.25, -0.2) is 4.79 Å². The van der Waals surface area contributed by atoms with Gasteiger partial charge in [0.05, 0.1) is 13.2 Å². The van der Waals surface area contributed by atoms with Crippen LogP contribution in [-0.4, -0.2) is 37.1 Å². The van der Waals surface area contributed by atoms with E-state index in [9.17, 15) is 9.59 Å². The molecule has 2 rings (SSSR count). The van der Waals surface area contributed by atoms with Crippen LogP contribution in [0.25, 0.3) is 0 Å². The summed E-state index contributed by atoms with van der Waals surface area (Å²) in [6.45, 7) is 0.679. The Morgan fingerprint density at radius 2 is 2.46 bits per heavy atom. The Labute approximate surface area is 75.8 Å². The number of rotatable bonds is 1. The Balaban J connectivity index is 2.24. The number of carbonyl (C=O) groups excluding carboxylic acids is 2. The van der Waals surface area contributed by atoms with Gasteiger partial charge < -0.3 is 15.4 Å². The fourth-order valence-electron chi connectivity index (χ4n) is 2.04. The highest BCUT2D eigenvalue weighted by Crippen LogP contribution is 2.28. The van der Waals surface area contributed by atoms with Crippen LogP contribution in [-0.2, 0) is 14.3 Å². The molecule has 5 heteroatoms. The lowest BCUT2D eigenvalue weighted by atomic mass is 9.89. The molecule has 0 aliphatic carbocycles. The second-order valence-electron chi connectivity index (χ2n) is 3.52. The summed E-state index contributed by atoms with van der Waals surface area (Å²) in [5.74, 6) is -0.423. The van der Waals surface area contributed by atoms with E-state index >= 15 is 0 Å². The number of carbonyl (C=O) groups is 2. The molecule has 2 aliphatic rings. The molecule has 0 aromatic carbocycles. The second-order valence-corrected chi connectivity index (χ2v) is 3.52. The number of esters is 1. The monoisotopic (exact) mass is 184 g/mol. The third-order valence-corrected chi connectivity index (χ3v) is 2.75. The van der Waals surface area contributed by atoms with Gasteiger partial charge in [-0.1, -0.05) is 0 Å². The smallest absolute Gasteiger partial charge is 0.331 e. The van der Waals surface area contributed by atoms with E-state index in [1.165, 1.54) is 7.11 Å². The van der Waals surface area contributed by atoms with Crippen molar-refractivity contribution in [1.29, 1.82) is 0 Å². The summed E-state index contributed by atoms with van der Waals surface area (Å²) in [5.41, 5.74) is -0.748. The van der Waals surface area contributed by atoms with Crippen LogP contribution < -0.4 is 10.6 Å². The van der Waals surface area contributed by atoms with Crippen LogP contribution in [0.1, 0.15) is 12.8 Å². The average Bonchev–Trinajstić information content (AvgIpc) is 2.38. The van der Waals surface area contributed by atoms with Crippen molar-refractivity contribution < 1.29 is 14.3 Å². The molecule has 72 valence electrons. The van der Waals surface area contributed by atoms with E-state index in [1.54, 1.807) is 0 Å². The highest BCUT2D eigenvalue weighted by Gasteiger charge is 2.52. The van der Waals surface area contributed by atoms with Crippen molar-refractivity contribution in [2.45, 2.75) is 24.4 Å². The van der Waals surface area contributed by atoms with Crippen molar-refractivity contribution in [2.24, 2.45) is 0 Å². The van der Waals surface area contributed by atoms with Gasteiger partial charge in [-0.2, -0.15) is 0 Å². The maximum absolute atomic E-state index is 11.4. The highest BCUT2D eigenvalue weighted by atomic mass is 16.5. The summed E-state index contributed by atoms with van der Waals surface area (Å²) in [7, 11) is 1.35. The van der Waals surface area contributed by atoms with Gasteiger partial charge in [0.2, 0.25) is 5.91 Å². The molecular weight excluding hydrogens is 172 g/mol. The summed E-state index contributed by atoms with van der Waals surface area (Å²) >= 11 is 0. The molecule has 2 heterocycles. The molecule has 2 saturated heterocycles. The molecule has 0 radical (unpaired) electrons. The normalized spacial score (nSPS) is 37.0. The number of hydrogen-bond donors (Lipinski definition) is 2. The molecule has 2 N–H and O–H groups in total. The number of hydrogen-bond acceptors (Lipinski definition) is 4. The Morgan fingerprint density at radius 3 is 3.15 bits per heavy atom. The predicted molar refractivity (Wildman–Crippen MR) is 43.9 cm³/mol. The zero-order valence-corrected chi connectivity index (χ0v) is 7.42. The summed E-state index contributed by atoms with van der Waals surface area (Å²) < 4.78 is 4.68. The second kappa shape index (κ2) is 2.70. The fourth-order valence-corrected chi connectivity index (χ4v) is 2.04. The number of ether oxygens (including phenoxy) is 1. The van der Waals surface area contributed by atoms with E-state index < -0.39 is 5.54 Å². The van der Waals surface area contributed by atoms with Gasteiger partial charge in [-0.15, -0.1) is 0 Å². The van der Waals surface area contributed by atoms with Crippen LogP contribution in [0.4, 0.5) is 0 Å². The van der Waals surface area contributed by atoms with Gasteiger partial charge in [0, 0.05) is 6.42 Å². The molecular formula is C8H12N2O3. The highest BCUT2D eigenvalue weighted by molar-refractivity contribution is 5.95. The van der Waals surface area contributed by atoms with Crippen molar-refractivity contribution in [2.75, 3.05) is 13.7 Å². The number of methoxy groups -OCH3 is 1. The SMILES string of the molecule is COC(=O)C12CCNC(C1)C(=O)N2. The van der Waals surface area contributed by atoms with Crippen LogP contribution in [0.2, 0.25) is 0 Å². The van der Waals surface area contributed by atoms with Crippen LogP contribution in [0, 0.1) is 0 Å². The Morgan fingerprint density at radius 1 is 1.69 bits per heavy atom. The van der Waals surface area contributed by atoms with E-state index in [4.69, 9.17) is 0 Å². The first-order valence-corrected chi connectivity index (χ1v) is 4.32. The van der Waals surface area contributed by atoms with E-state index in [2.05, 4.69) is 15.4 Å². The molecule has 0 spiro atoms. The van der Waals surface area contributed by atoms with E-state index in [-0.39, 0.29) is 17.9 Å². The average molecular weight is 184 g/mol. The van der Waals surface area contributed by atoms with Gasteiger partial charge in [0.25, 0.3) is 0 Å². The van der Waals surface area contributed by atoms with Gasteiger partial charge in [0.1, 0.15) is 5.54 Å². The van der Waals surface area contributed by atoms with Crippen molar-refractivity contribution in [3.05, 3.63) is 0 Å². The first kappa shape index (κ1) is 8.50. The quantitative estimate of drug-likeness (QED) is 0.501. The zero-order valence-electron chi connectivity index (χ0n) is 7.42. The number of fused-ring (bicyclic) bond motifs is 2. The Bertz CT molecular complexity index is 266. The van der Waals surface area contributed by atoms with Crippen LogP contribution in [0.15, 0.2) is 0 Å². The maximum atomic E-state index is 11.4. The van der Waals surface area contributed by atoms with E-state index in [1.807, 2.05) is 0 Å². The van der Waals surface area contributed by atoms with E-state index in [0.29, 0.717) is 19.4 Å². The number of nitrogens with one attached hydrogen (secondary N) is 2. The van der Waals surface area contributed by atoms with Crippen molar-refractivity contribution in [3.8, 4) is 0 Å². The lowest BCUT2D eigenvalue weighted by molar-refractivity contribution is -0.149. The molecule has 0 aromatic rings. The molecule has 2 fully saturated rings. The first-order chi connectivity index (χ1) is 6.18. The molecule has 5 nitrogen and oxygen atoms in total. The lowest BCUT2D eigenvalue weighted by Crippen LogP contribution is -2.52. The summed E-state index contributed by atoms with van der Waals surface area (Å²) in [5, 5.41) is 5.75. The van der Waals surface area contributed by atoms with E-state index in [0.717, 1.165) is 0 Å². The van der Waals surface area contributed by atoms with Gasteiger partial charge in [-0.3, -0.25) is 4.79 Å². The zero-order chi connectivity index (χ0) is 9.47. The minimum absolute atomic E-state index is 0.0945. The third kappa shape index (κ3) is 1.11.